The third-order valence-electron chi connectivity index (χ3n) is 4.41. The first-order valence-electron chi connectivity index (χ1n) is 7.59. The summed E-state index contributed by atoms with van der Waals surface area (Å²) in [5.41, 5.74) is 0.370. The van der Waals surface area contributed by atoms with Crippen molar-refractivity contribution < 1.29 is 9.59 Å². The quantitative estimate of drug-likeness (QED) is 0.765. The van der Waals surface area contributed by atoms with E-state index in [-0.39, 0.29) is 18.0 Å². The number of piperidine rings is 1. The molecule has 0 unspecified atom stereocenters. The lowest BCUT2D eigenvalue weighted by Crippen LogP contribution is -2.51. The molecule has 0 N–H and O–H groups in total. The van der Waals surface area contributed by atoms with Crippen molar-refractivity contribution in [2.75, 3.05) is 33.7 Å². The summed E-state index contributed by atoms with van der Waals surface area (Å²) in [6, 6.07) is 0.123. The van der Waals surface area contributed by atoms with Crippen LogP contribution in [0.5, 0.6) is 0 Å². The molecule has 3 amide bonds. The molecule has 0 saturated carbocycles. The molecule has 2 bridgehead atoms. The van der Waals surface area contributed by atoms with Gasteiger partial charge in [-0.1, -0.05) is 0 Å². The Hall–Kier alpha value is -2.18. The standard InChI is InChI=1S/C15H21N5O2/c1-18(2)15(22)20-9-11-3-4-12(20)10-19(8-11)14(21)13-7-16-5-6-17-13/h5-7,11-12H,3-4,8-10H2,1-2H3/t11-,12+/m0/s1. The summed E-state index contributed by atoms with van der Waals surface area (Å²) >= 11 is 0. The molecule has 4 rings (SSSR count). The van der Waals surface area contributed by atoms with Gasteiger partial charge in [0.05, 0.1) is 12.2 Å². The lowest BCUT2D eigenvalue weighted by molar-refractivity contribution is 0.0733. The summed E-state index contributed by atoms with van der Waals surface area (Å²) in [4.78, 5) is 38.3. The SMILES string of the molecule is CN(C)C(=O)N1C[C@H]2CC[C@@H]1CN(C(=O)c1cnccn1)C2. The van der Waals surface area contributed by atoms with Gasteiger partial charge in [0.2, 0.25) is 0 Å². The predicted octanol–water partition coefficient (Wildman–Crippen LogP) is 0.695. The summed E-state index contributed by atoms with van der Waals surface area (Å²) in [6.45, 7) is 1.99. The van der Waals surface area contributed by atoms with Crippen LogP contribution in [0.1, 0.15) is 23.3 Å². The Labute approximate surface area is 129 Å². The molecule has 0 radical (unpaired) electrons. The molecule has 3 aliphatic heterocycles. The number of carbonyl (C=O) groups excluding carboxylic acids is 2. The highest BCUT2D eigenvalue weighted by molar-refractivity contribution is 5.92. The average molecular weight is 303 g/mol. The minimum atomic E-state index is -0.0934. The van der Waals surface area contributed by atoms with E-state index in [0.29, 0.717) is 24.7 Å². The van der Waals surface area contributed by atoms with Gasteiger partial charge in [-0.3, -0.25) is 9.78 Å². The summed E-state index contributed by atoms with van der Waals surface area (Å²) in [5.74, 6) is 0.243. The van der Waals surface area contributed by atoms with Gasteiger partial charge in [0.25, 0.3) is 5.91 Å². The highest BCUT2D eigenvalue weighted by atomic mass is 16.2. The number of carbonyl (C=O) groups is 2. The fraction of sp³-hybridized carbons (Fsp3) is 0.600. The van der Waals surface area contributed by atoms with E-state index in [4.69, 9.17) is 0 Å². The average Bonchev–Trinajstić information content (AvgIpc) is 2.85. The Kier molecular flexibility index (Phi) is 3.96. The maximum atomic E-state index is 12.6. The molecule has 0 aliphatic carbocycles. The van der Waals surface area contributed by atoms with Gasteiger partial charge < -0.3 is 14.7 Å². The Morgan fingerprint density at radius 1 is 1.18 bits per heavy atom. The van der Waals surface area contributed by atoms with Crippen LogP contribution in [0.25, 0.3) is 0 Å². The second kappa shape index (κ2) is 5.90. The fourth-order valence-corrected chi connectivity index (χ4v) is 3.31. The van der Waals surface area contributed by atoms with Gasteiger partial charge in [-0.05, 0) is 18.8 Å². The fourth-order valence-electron chi connectivity index (χ4n) is 3.31. The number of aromatic nitrogens is 2. The molecule has 3 aliphatic rings. The number of rotatable bonds is 1. The van der Waals surface area contributed by atoms with Crippen molar-refractivity contribution in [2.24, 2.45) is 5.92 Å². The molecule has 3 fully saturated rings. The molecule has 0 spiro atoms. The van der Waals surface area contributed by atoms with Crippen LogP contribution in [0.3, 0.4) is 0 Å². The molecule has 22 heavy (non-hydrogen) atoms. The molecule has 3 saturated heterocycles. The van der Waals surface area contributed by atoms with Crippen LogP contribution in [0.2, 0.25) is 0 Å². The lowest BCUT2D eigenvalue weighted by atomic mass is 9.95. The number of urea groups is 1. The van der Waals surface area contributed by atoms with Crippen molar-refractivity contribution in [2.45, 2.75) is 18.9 Å². The third kappa shape index (κ3) is 2.75. The van der Waals surface area contributed by atoms with Crippen LogP contribution < -0.4 is 0 Å². The van der Waals surface area contributed by atoms with Crippen LogP contribution in [-0.2, 0) is 0 Å². The van der Waals surface area contributed by atoms with Crippen molar-refractivity contribution in [1.82, 2.24) is 24.7 Å². The van der Waals surface area contributed by atoms with Crippen molar-refractivity contribution in [1.29, 1.82) is 0 Å². The Balaban J connectivity index is 1.78. The maximum Gasteiger partial charge on any atom is 0.319 e. The van der Waals surface area contributed by atoms with Gasteiger partial charge in [0, 0.05) is 46.1 Å². The minimum absolute atomic E-state index is 0.0310. The van der Waals surface area contributed by atoms with Gasteiger partial charge >= 0.3 is 6.03 Å². The summed E-state index contributed by atoms with van der Waals surface area (Å²) < 4.78 is 0. The Bertz CT molecular complexity index is 562. The normalized spacial score (nSPS) is 24.1. The van der Waals surface area contributed by atoms with E-state index in [2.05, 4.69) is 9.97 Å². The van der Waals surface area contributed by atoms with Gasteiger partial charge in [-0.2, -0.15) is 0 Å². The van der Waals surface area contributed by atoms with Crippen LogP contribution in [0.15, 0.2) is 18.6 Å². The molecule has 7 heteroatoms. The molecular weight excluding hydrogens is 282 g/mol. The number of hydrogen-bond acceptors (Lipinski definition) is 4. The Morgan fingerprint density at radius 2 is 2.00 bits per heavy atom. The first-order chi connectivity index (χ1) is 10.6. The zero-order valence-electron chi connectivity index (χ0n) is 13.0. The lowest BCUT2D eigenvalue weighted by Gasteiger charge is -2.37. The van der Waals surface area contributed by atoms with E-state index in [1.165, 1.54) is 12.4 Å². The molecule has 0 aromatic carbocycles. The van der Waals surface area contributed by atoms with Crippen LogP contribution in [-0.4, -0.2) is 76.4 Å². The third-order valence-corrected chi connectivity index (χ3v) is 4.41. The monoisotopic (exact) mass is 303 g/mol. The van der Waals surface area contributed by atoms with Crippen LogP contribution >= 0.6 is 0 Å². The maximum absolute atomic E-state index is 12.6. The van der Waals surface area contributed by atoms with Gasteiger partial charge in [0.1, 0.15) is 5.69 Å². The first kappa shape index (κ1) is 14.7. The highest BCUT2D eigenvalue weighted by Crippen LogP contribution is 2.29. The molecule has 1 aromatic rings. The predicted molar refractivity (Wildman–Crippen MR) is 80.2 cm³/mol. The van der Waals surface area contributed by atoms with Crippen molar-refractivity contribution in [3.63, 3.8) is 0 Å². The van der Waals surface area contributed by atoms with E-state index in [1.54, 1.807) is 25.2 Å². The van der Waals surface area contributed by atoms with Crippen LogP contribution in [0, 0.1) is 5.92 Å². The number of nitrogens with zero attached hydrogens (tertiary/aromatic N) is 5. The molecule has 1 aromatic heterocycles. The number of fused-ring (bicyclic) bond motifs is 4. The van der Waals surface area contributed by atoms with Crippen LogP contribution in [0.4, 0.5) is 4.79 Å². The zero-order chi connectivity index (χ0) is 15.7. The summed E-state index contributed by atoms with van der Waals surface area (Å²) in [5, 5.41) is 0. The molecule has 4 heterocycles. The van der Waals surface area contributed by atoms with Crippen molar-refractivity contribution in [3.8, 4) is 0 Å². The number of amides is 3. The summed E-state index contributed by atoms with van der Waals surface area (Å²) in [6.07, 6.45) is 6.60. The zero-order valence-corrected chi connectivity index (χ0v) is 13.0. The molecule has 118 valence electrons. The van der Waals surface area contributed by atoms with E-state index in [0.717, 1.165) is 19.4 Å². The van der Waals surface area contributed by atoms with Gasteiger partial charge in [-0.25, -0.2) is 9.78 Å². The van der Waals surface area contributed by atoms with E-state index < -0.39 is 0 Å². The Morgan fingerprint density at radius 3 is 2.68 bits per heavy atom. The van der Waals surface area contributed by atoms with Crippen molar-refractivity contribution in [3.05, 3.63) is 24.3 Å². The highest BCUT2D eigenvalue weighted by Gasteiger charge is 2.39. The minimum Gasteiger partial charge on any atom is -0.335 e. The molecular formula is C15H21N5O2. The number of hydrogen-bond donors (Lipinski definition) is 0. The first-order valence-corrected chi connectivity index (χ1v) is 7.59. The van der Waals surface area contributed by atoms with Crippen molar-refractivity contribution >= 4 is 11.9 Å². The smallest absolute Gasteiger partial charge is 0.319 e. The van der Waals surface area contributed by atoms with Gasteiger partial charge in [-0.15, -0.1) is 0 Å². The van der Waals surface area contributed by atoms with E-state index >= 15 is 0 Å². The van der Waals surface area contributed by atoms with E-state index in [9.17, 15) is 9.59 Å². The topological polar surface area (TPSA) is 69.6 Å². The summed E-state index contributed by atoms with van der Waals surface area (Å²) in [7, 11) is 3.53. The molecule has 7 nitrogen and oxygen atoms in total. The second-order valence-corrected chi connectivity index (χ2v) is 6.23. The molecule has 2 atom stereocenters. The second-order valence-electron chi connectivity index (χ2n) is 6.23. The largest absolute Gasteiger partial charge is 0.335 e. The van der Waals surface area contributed by atoms with Gasteiger partial charge in [0.15, 0.2) is 0 Å². The van der Waals surface area contributed by atoms with E-state index in [1.807, 2.05) is 9.80 Å².